The van der Waals surface area contributed by atoms with Crippen molar-refractivity contribution in [3.63, 3.8) is 0 Å². The Hall–Kier alpha value is -3.41. The van der Waals surface area contributed by atoms with Crippen LogP contribution in [0.2, 0.25) is 0 Å². The maximum absolute atomic E-state index is 13.1. The number of aryl methyl sites for hydroxylation is 1. The van der Waals surface area contributed by atoms with E-state index in [1.807, 2.05) is 54.6 Å². The van der Waals surface area contributed by atoms with Crippen LogP contribution in [0.25, 0.3) is 0 Å². The number of amides is 1. The van der Waals surface area contributed by atoms with Gasteiger partial charge in [-0.05, 0) is 48.4 Å². The van der Waals surface area contributed by atoms with Crippen molar-refractivity contribution < 1.29 is 23.4 Å². The van der Waals surface area contributed by atoms with Gasteiger partial charge in [0.05, 0.1) is 34.1 Å². The van der Waals surface area contributed by atoms with Gasteiger partial charge in [0.1, 0.15) is 5.76 Å². The van der Waals surface area contributed by atoms with E-state index in [1.165, 1.54) is 0 Å². The Morgan fingerprint density at radius 3 is 2.17 bits per heavy atom. The Balaban J connectivity index is 1.78. The number of hydrogen-bond acceptors (Lipinski definition) is 5. The van der Waals surface area contributed by atoms with E-state index in [2.05, 4.69) is 0 Å². The molecule has 29 heavy (non-hydrogen) atoms. The second kappa shape index (κ2) is 9.68. The molecule has 0 fully saturated rings. The highest BCUT2D eigenvalue weighted by atomic mass is 16.5. The molecular formula is C23H25NO5. The second-order valence-corrected chi connectivity index (χ2v) is 6.43. The summed E-state index contributed by atoms with van der Waals surface area (Å²) in [7, 11) is 4.72. The molecule has 0 saturated carbocycles. The smallest absolute Gasteiger partial charge is 0.227 e. The van der Waals surface area contributed by atoms with Crippen molar-refractivity contribution in [2.24, 2.45) is 0 Å². The first-order chi connectivity index (χ1) is 14.2. The molecule has 0 atom stereocenters. The molecule has 0 unspecified atom stereocenters. The highest BCUT2D eigenvalue weighted by Crippen LogP contribution is 2.38. The molecule has 0 bridgehead atoms. The van der Waals surface area contributed by atoms with Gasteiger partial charge in [0.2, 0.25) is 11.7 Å². The number of para-hydroxylation sites is 1. The van der Waals surface area contributed by atoms with Crippen LogP contribution in [0.3, 0.4) is 0 Å². The lowest BCUT2D eigenvalue weighted by Gasteiger charge is -2.22. The fourth-order valence-corrected chi connectivity index (χ4v) is 3.16. The average molecular weight is 395 g/mol. The van der Waals surface area contributed by atoms with Crippen LogP contribution in [0, 0.1) is 0 Å². The van der Waals surface area contributed by atoms with Gasteiger partial charge in [-0.2, -0.15) is 0 Å². The number of nitrogens with zero attached hydrogens (tertiary/aromatic N) is 1. The van der Waals surface area contributed by atoms with E-state index in [0.29, 0.717) is 36.6 Å². The summed E-state index contributed by atoms with van der Waals surface area (Å²) in [6, 6.07) is 17.0. The second-order valence-electron chi connectivity index (χ2n) is 6.43. The van der Waals surface area contributed by atoms with Crippen LogP contribution in [0.15, 0.2) is 65.3 Å². The molecule has 0 spiro atoms. The zero-order valence-electron chi connectivity index (χ0n) is 16.9. The largest absolute Gasteiger partial charge is 0.493 e. The Labute approximate surface area is 170 Å². The lowest BCUT2D eigenvalue weighted by Crippen LogP contribution is -2.30. The Kier molecular flexibility index (Phi) is 6.79. The average Bonchev–Trinajstić information content (AvgIpc) is 3.28. The zero-order valence-corrected chi connectivity index (χ0v) is 16.9. The summed E-state index contributed by atoms with van der Waals surface area (Å²) in [5.41, 5.74) is 1.76. The molecule has 0 aliphatic heterocycles. The van der Waals surface area contributed by atoms with Crippen LogP contribution in [0.5, 0.6) is 17.2 Å². The first-order valence-corrected chi connectivity index (χ1v) is 9.33. The fourth-order valence-electron chi connectivity index (χ4n) is 3.16. The third-order valence-corrected chi connectivity index (χ3v) is 4.62. The number of anilines is 1. The van der Waals surface area contributed by atoms with Gasteiger partial charge in [0.25, 0.3) is 0 Å². The molecule has 0 aliphatic rings. The fraction of sp³-hybridized carbons (Fsp3) is 0.261. The normalized spacial score (nSPS) is 10.4. The van der Waals surface area contributed by atoms with E-state index in [1.54, 1.807) is 32.5 Å². The summed E-state index contributed by atoms with van der Waals surface area (Å²) in [6.45, 7) is 0.380. The highest BCUT2D eigenvalue weighted by Gasteiger charge is 2.19. The molecule has 0 N–H and O–H groups in total. The highest BCUT2D eigenvalue weighted by molar-refractivity contribution is 5.93. The maximum atomic E-state index is 13.1. The molecule has 1 amide bonds. The van der Waals surface area contributed by atoms with Crippen LogP contribution < -0.4 is 19.1 Å². The number of methoxy groups -OCH3 is 3. The van der Waals surface area contributed by atoms with Crippen LogP contribution >= 0.6 is 0 Å². The SMILES string of the molecule is COc1cc(CCC(=O)N(Cc2ccco2)c2ccccc2)cc(OC)c1OC. The van der Waals surface area contributed by atoms with Crippen molar-refractivity contribution in [1.82, 2.24) is 0 Å². The summed E-state index contributed by atoms with van der Waals surface area (Å²) in [5, 5.41) is 0. The topological polar surface area (TPSA) is 61.1 Å². The van der Waals surface area contributed by atoms with E-state index in [0.717, 1.165) is 17.0 Å². The molecule has 6 nitrogen and oxygen atoms in total. The number of benzene rings is 2. The Morgan fingerprint density at radius 2 is 1.62 bits per heavy atom. The minimum Gasteiger partial charge on any atom is -0.493 e. The van der Waals surface area contributed by atoms with E-state index < -0.39 is 0 Å². The summed E-state index contributed by atoms with van der Waals surface area (Å²) >= 11 is 0. The van der Waals surface area contributed by atoms with Crippen molar-refractivity contribution in [2.75, 3.05) is 26.2 Å². The van der Waals surface area contributed by atoms with Crippen molar-refractivity contribution in [3.8, 4) is 17.2 Å². The molecule has 0 saturated heterocycles. The van der Waals surface area contributed by atoms with Crippen LogP contribution in [0.4, 0.5) is 5.69 Å². The van der Waals surface area contributed by atoms with Gasteiger partial charge in [-0.3, -0.25) is 4.79 Å². The van der Waals surface area contributed by atoms with Crippen molar-refractivity contribution in [1.29, 1.82) is 0 Å². The lowest BCUT2D eigenvalue weighted by molar-refractivity contribution is -0.118. The summed E-state index contributed by atoms with van der Waals surface area (Å²) in [4.78, 5) is 14.8. The predicted octanol–water partition coefficient (Wildman–Crippen LogP) is 4.47. The van der Waals surface area contributed by atoms with Gasteiger partial charge in [-0.15, -0.1) is 0 Å². The van der Waals surface area contributed by atoms with Gasteiger partial charge in [0.15, 0.2) is 11.5 Å². The van der Waals surface area contributed by atoms with Crippen molar-refractivity contribution in [3.05, 3.63) is 72.2 Å². The number of rotatable bonds is 9. The monoisotopic (exact) mass is 395 g/mol. The molecule has 3 rings (SSSR count). The summed E-state index contributed by atoms with van der Waals surface area (Å²) in [6.07, 6.45) is 2.48. The summed E-state index contributed by atoms with van der Waals surface area (Å²) in [5.74, 6) is 2.42. The van der Waals surface area contributed by atoms with E-state index in [9.17, 15) is 4.79 Å². The van der Waals surface area contributed by atoms with E-state index >= 15 is 0 Å². The summed E-state index contributed by atoms with van der Waals surface area (Å²) < 4.78 is 21.6. The molecular weight excluding hydrogens is 370 g/mol. The van der Waals surface area contributed by atoms with Crippen molar-refractivity contribution in [2.45, 2.75) is 19.4 Å². The van der Waals surface area contributed by atoms with Crippen molar-refractivity contribution >= 4 is 11.6 Å². The Morgan fingerprint density at radius 1 is 0.931 bits per heavy atom. The van der Waals surface area contributed by atoms with Gasteiger partial charge in [-0.1, -0.05) is 18.2 Å². The number of ether oxygens (including phenoxy) is 3. The maximum Gasteiger partial charge on any atom is 0.227 e. The lowest BCUT2D eigenvalue weighted by atomic mass is 10.1. The number of hydrogen-bond donors (Lipinski definition) is 0. The molecule has 0 radical (unpaired) electrons. The van der Waals surface area contributed by atoms with Gasteiger partial charge in [-0.25, -0.2) is 0 Å². The molecule has 1 aromatic heterocycles. The molecule has 1 heterocycles. The van der Waals surface area contributed by atoms with Crippen LogP contribution in [0.1, 0.15) is 17.7 Å². The third-order valence-electron chi connectivity index (χ3n) is 4.62. The molecule has 152 valence electrons. The van der Waals surface area contributed by atoms with Gasteiger partial charge in [0, 0.05) is 12.1 Å². The van der Waals surface area contributed by atoms with Gasteiger partial charge >= 0.3 is 0 Å². The Bertz CT molecular complexity index is 897. The first kappa shape index (κ1) is 20.3. The van der Waals surface area contributed by atoms with Crippen LogP contribution in [-0.4, -0.2) is 27.2 Å². The minimum atomic E-state index is 0.00125. The molecule has 0 aliphatic carbocycles. The molecule has 2 aromatic carbocycles. The number of carbonyl (C=O) groups excluding carboxylic acids is 1. The zero-order chi connectivity index (χ0) is 20.6. The van der Waals surface area contributed by atoms with Crippen LogP contribution in [-0.2, 0) is 17.8 Å². The molecule has 3 aromatic rings. The van der Waals surface area contributed by atoms with E-state index in [4.69, 9.17) is 18.6 Å². The quantitative estimate of drug-likeness (QED) is 0.535. The third kappa shape index (κ3) is 4.90. The van der Waals surface area contributed by atoms with Gasteiger partial charge < -0.3 is 23.5 Å². The first-order valence-electron chi connectivity index (χ1n) is 9.33. The minimum absolute atomic E-state index is 0.00125. The van der Waals surface area contributed by atoms with E-state index in [-0.39, 0.29) is 5.91 Å². The standard InChI is InChI=1S/C23H25NO5/c1-26-20-14-17(15-21(27-2)23(20)28-3)11-12-22(25)24(16-19-10-7-13-29-19)18-8-5-4-6-9-18/h4-10,13-15H,11-12,16H2,1-3H3. The number of furan rings is 1. The number of carbonyl (C=O) groups is 1. The predicted molar refractivity (Wildman–Crippen MR) is 111 cm³/mol. The molecule has 6 heteroatoms.